The van der Waals surface area contributed by atoms with E-state index in [0.717, 1.165) is 0 Å². The minimum absolute atomic E-state index is 0.0739. The number of anilines is 1. The van der Waals surface area contributed by atoms with Crippen LogP contribution in [0.1, 0.15) is 10.6 Å². The molecule has 0 saturated heterocycles. The molecule has 4 N–H and O–H groups in total. The van der Waals surface area contributed by atoms with Crippen molar-refractivity contribution in [1.82, 2.24) is 20.5 Å². The maximum atomic E-state index is 11.7. The van der Waals surface area contributed by atoms with Gasteiger partial charge in [0, 0.05) is 6.54 Å². The van der Waals surface area contributed by atoms with E-state index in [2.05, 4.69) is 25.2 Å². The van der Waals surface area contributed by atoms with Crippen molar-refractivity contribution in [3.05, 3.63) is 5.82 Å². The number of nitrogens with zero attached hydrogens (tertiary/aromatic N) is 2. The van der Waals surface area contributed by atoms with Gasteiger partial charge < -0.3 is 15.8 Å². The zero-order valence-corrected chi connectivity index (χ0v) is 8.54. The van der Waals surface area contributed by atoms with E-state index in [1.807, 2.05) is 0 Å². The Kier molecular flexibility index (Phi) is 4.26. The molecule has 0 aliphatic rings. The zero-order valence-electron chi connectivity index (χ0n) is 8.54. The Balaban J connectivity index is 2.17. The summed E-state index contributed by atoms with van der Waals surface area (Å²) in [5.74, 6) is -0.827. The summed E-state index contributed by atoms with van der Waals surface area (Å²) in [5.41, 5.74) is 5.16. The van der Waals surface area contributed by atoms with Crippen LogP contribution in [-0.2, 0) is 4.74 Å². The molecule has 0 radical (unpaired) electrons. The van der Waals surface area contributed by atoms with E-state index in [4.69, 9.17) is 5.73 Å². The first-order valence-electron chi connectivity index (χ1n) is 4.49. The second-order valence-corrected chi connectivity index (χ2v) is 2.97. The third-order valence-corrected chi connectivity index (χ3v) is 1.52. The molecule has 17 heavy (non-hydrogen) atoms. The summed E-state index contributed by atoms with van der Waals surface area (Å²) < 4.78 is 39.3. The highest BCUT2D eigenvalue weighted by Crippen LogP contribution is 2.13. The van der Waals surface area contributed by atoms with Crippen LogP contribution >= 0.6 is 0 Å². The topological polar surface area (TPSA) is 106 Å². The van der Waals surface area contributed by atoms with Crippen LogP contribution in [0, 0.1) is 0 Å². The van der Waals surface area contributed by atoms with Gasteiger partial charge in [-0.25, -0.2) is 0 Å². The van der Waals surface area contributed by atoms with Crippen LogP contribution in [0.15, 0.2) is 0 Å². The quantitative estimate of drug-likeness (QED) is 0.624. The van der Waals surface area contributed by atoms with Crippen LogP contribution in [0.25, 0.3) is 0 Å². The largest absolute Gasteiger partial charge is 0.411 e. The molecule has 1 aromatic rings. The molecule has 0 bridgehead atoms. The number of aromatic nitrogens is 3. The van der Waals surface area contributed by atoms with Gasteiger partial charge in [-0.15, -0.1) is 5.10 Å². The Hall–Kier alpha value is -1.84. The van der Waals surface area contributed by atoms with E-state index < -0.39 is 18.7 Å². The van der Waals surface area contributed by atoms with E-state index in [-0.39, 0.29) is 24.9 Å². The van der Waals surface area contributed by atoms with Gasteiger partial charge in [0.15, 0.2) is 0 Å². The molecule has 1 aromatic heterocycles. The molecule has 1 amide bonds. The molecule has 0 unspecified atom stereocenters. The molecule has 0 fully saturated rings. The molecule has 1 rings (SSSR count). The predicted molar refractivity (Wildman–Crippen MR) is 50.0 cm³/mol. The highest BCUT2D eigenvalue weighted by molar-refractivity contribution is 5.90. The number of ether oxygens (including phenoxy) is 1. The molecular formula is C7H10F3N5O2. The van der Waals surface area contributed by atoms with Crippen molar-refractivity contribution in [1.29, 1.82) is 0 Å². The number of alkyl halides is 3. The molecule has 96 valence electrons. The normalized spacial score (nSPS) is 11.5. The average Bonchev–Trinajstić information content (AvgIpc) is 2.62. The summed E-state index contributed by atoms with van der Waals surface area (Å²) in [6.45, 7) is -1.68. The fourth-order valence-corrected chi connectivity index (χ4v) is 0.885. The summed E-state index contributed by atoms with van der Waals surface area (Å²) >= 11 is 0. The number of H-pyrrole nitrogens is 1. The monoisotopic (exact) mass is 253 g/mol. The lowest BCUT2D eigenvalue weighted by atomic mass is 10.5. The highest BCUT2D eigenvalue weighted by Gasteiger charge is 2.27. The van der Waals surface area contributed by atoms with Crippen LogP contribution in [0.2, 0.25) is 0 Å². The highest BCUT2D eigenvalue weighted by atomic mass is 19.4. The summed E-state index contributed by atoms with van der Waals surface area (Å²) in [7, 11) is 0. The Morgan fingerprint density at radius 1 is 1.53 bits per heavy atom. The van der Waals surface area contributed by atoms with Crippen molar-refractivity contribution >= 4 is 11.9 Å². The van der Waals surface area contributed by atoms with Crippen molar-refractivity contribution in [2.24, 2.45) is 0 Å². The number of carbonyl (C=O) groups is 1. The molecular weight excluding hydrogens is 243 g/mol. The maximum Gasteiger partial charge on any atom is 0.411 e. The number of hydrogen-bond donors (Lipinski definition) is 3. The molecule has 10 heteroatoms. The predicted octanol–water partition coefficient (Wildman–Crippen LogP) is -0.304. The third-order valence-electron chi connectivity index (χ3n) is 1.52. The standard InChI is InChI=1S/C7H10F3N5O2/c8-7(9,10)3-17-2-1-12-5(16)4-13-6(11)15-14-4/h1-3H2,(H,12,16)(H3,11,13,14,15). The Morgan fingerprint density at radius 2 is 2.24 bits per heavy atom. The minimum atomic E-state index is -4.37. The Bertz CT molecular complexity index is 378. The van der Waals surface area contributed by atoms with E-state index in [1.165, 1.54) is 0 Å². The third kappa shape index (κ3) is 5.15. The lowest BCUT2D eigenvalue weighted by Crippen LogP contribution is -2.29. The fraction of sp³-hybridized carbons (Fsp3) is 0.571. The van der Waals surface area contributed by atoms with Crippen LogP contribution < -0.4 is 11.1 Å². The smallest absolute Gasteiger partial charge is 0.370 e. The summed E-state index contributed by atoms with van der Waals surface area (Å²) in [6.07, 6.45) is -4.37. The summed E-state index contributed by atoms with van der Waals surface area (Å²) in [5, 5.41) is 7.94. The van der Waals surface area contributed by atoms with E-state index in [1.54, 1.807) is 0 Å². The van der Waals surface area contributed by atoms with Gasteiger partial charge in [0.25, 0.3) is 5.91 Å². The number of carbonyl (C=O) groups excluding carboxylic acids is 1. The Labute approximate surface area is 93.5 Å². The molecule has 0 aliphatic heterocycles. The van der Waals surface area contributed by atoms with E-state index in [0.29, 0.717) is 0 Å². The second kappa shape index (κ2) is 5.48. The van der Waals surface area contributed by atoms with Gasteiger partial charge in [-0.1, -0.05) is 0 Å². The van der Waals surface area contributed by atoms with Crippen LogP contribution in [0.5, 0.6) is 0 Å². The van der Waals surface area contributed by atoms with Crippen molar-refractivity contribution in [2.45, 2.75) is 6.18 Å². The number of rotatable bonds is 5. The molecule has 0 atom stereocenters. The lowest BCUT2D eigenvalue weighted by molar-refractivity contribution is -0.173. The van der Waals surface area contributed by atoms with Crippen molar-refractivity contribution in [2.75, 3.05) is 25.5 Å². The fourth-order valence-electron chi connectivity index (χ4n) is 0.885. The molecule has 0 saturated carbocycles. The minimum Gasteiger partial charge on any atom is -0.370 e. The van der Waals surface area contributed by atoms with Gasteiger partial charge in [-0.05, 0) is 0 Å². The molecule has 7 nitrogen and oxygen atoms in total. The summed E-state index contributed by atoms with van der Waals surface area (Å²) in [6, 6.07) is 0. The van der Waals surface area contributed by atoms with Gasteiger partial charge in [-0.2, -0.15) is 18.2 Å². The van der Waals surface area contributed by atoms with Gasteiger partial charge in [0.2, 0.25) is 11.8 Å². The van der Waals surface area contributed by atoms with Crippen molar-refractivity contribution in [3.63, 3.8) is 0 Å². The first-order chi connectivity index (χ1) is 7.88. The first-order valence-corrected chi connectivity index (χ1v) is 4.49. The molecule has 0 aliphatic carbocycles. The number of amides is 1. The lowest BCUT2D eigenvalue weighted by Gasteiger charge is -2.07. The van der Waals surface area contributed by atoms with Crippen LogP contribution in [0.4, 0.5) is 19.1 Å². The van der Waals surface area contributed by atoms with Gasteiger partial charge in [-0.3, -0.25) is 9.89 Å². The average molecular weight is 253 g/mol. The van der Waals surface area contributed by atoms with Crippen LogP contribution in [0.3, 0.4) is 0 Å². The number of hydrogen-bond acceptors (Lipinski definition) is 5. The molecule has 0 aromatic carbocycles. The number of nitrogens with one attached hydrogen (secondary N) is 2. The van der Waals surface area contributed by atoms with Gasteiger partial charge in [0.1, 0.15) is 6.61 Å². The number of halogens is 3. The number of nitrogens with two attached hydrogens (primary N) is 1. The SMILES string of the molecule is Nc1n[nH]c(C(=O)NCCOCC(F)(F)F)n1. The Morgan fingerprint density at radius 3 is 2.76 bits per heavy atom. The van der Waals surface area contributed by atoms with E-state index >= 15 is 0 Å². The zero-order chi connectivity index (χ0) is 12.9. The van der Waals surface area contributed by atoms with Gasteiger partial charge >= 0.3 is 6.18 Å². The van der Waals surface area contributed by atoms with Crippen LogP contribution in [-0.4, -0.2) is 47.0 Å². The second-order valence-electron chi connectivity index (χ2n) is 2.97. The van der Waals surface area contributed by atoms with Crippen molar-refractivity contribution < 1.29 is 22.7 Å². The van der Waals surface area contributed by atoms with E-state index in [9.17, 15) is 18.0 Å². The van der Waals surface area contributed by atoms with Gasteiger partial charge in [0.05, 0.1) is 6.61 Å². The number of aromatic amines is 1. The molecule has 0 spiro atoms. The first kappa shape index (κ1) is 13.2. The maximum absolute atomic E-state index is 11.7. The number of nitrogen functional groups attached to an aromatic ring is 1. The molecule has 1 heterocycles. The summed E-state index contributed by atoms with van der Waals surface area (Å²) in [4.78, 5) is 14.8. The van der Waals surface area contributed by atoms with Crippen molar-refractivity contribution in [3.8, 4) is 0 Å².